The lowest BCUT2D eigenvalue weighted by atomic mass is 9.33. The van der Waals surface area contributed by atoms with Crippen molar-refractivity contribution < 1.29 is 0 Å². The summed E-state index contributed by atoms with van der Waals surface area (Å²) < 4.78 is 0. The predicted octanol–water partition coefficient (Wildman–Crippen LogP) is 16.8. The molecule has 4 atom stereocenters. The van der Waals surface area contributed by atoms with Crippen LogP contribution >= 0.6 is 0 Å². The van der Waals surface area contributed by atoms with E-state index < -0.39 is 8.07 Å². The summed E-state index contributed by atoms with van der Waals surface area (Å²) in [6, 6.07) is 63.3. The predicted molar refractivity (Wildman–Crippen MR) is 335 cm³/mol. The Hall–Kier alpha value is -6.30. The first-order valence-corrected chi connectivity index (χ1v) is 32.9. The number of hydrogen-bond acceptors (Lipinski definition) is 3. The molecule has 4 aliphatic heterocycles. The minimum atomic E-state index is -1.81. The van der Waals surface area contributed by atoms with Crippen molar-refractivity contribution >= 4 is 86.9 Å². The fourth-order valence-corrected chi connectivity index (χ4v) is 17.7. The van der Waals surface area contributed by atoms with Crippen molar-refractivity contribution in [3.63, 3.8) is 0 Å². The van der Waals surface area contributed by atoms with Gasteiger partial charge in [0.25, 0.3) is 6.71 Å². The van der Waals surface area contributed by atoms with Crippen molar-refractivity contribution in [1.82, 2.24) is 0 Å². The number of hydrogen-bond donors (Lipinski definition) is 0. The zero-order valence-corrected chi connectivity index (χ0v) is 49.1. The Bertz CT molecular complexity index is 3760. The zero-order valence-electron chi connectivity index (χ0n) is 48.1. The molecular formula is C72H78BN3Si. The van der Waals surface area contributed by atoms with Gasteiger partial charge in [-0.1, -0.05) is 214 Å². The van der Waals surface area contributed by atoms with Gasteiger partial charge < -0.3 is 14.7 Å². The van der Waals surface area contributed by atoms with Crippen LogP contribution in [0.3, 0.4) is 0 Å². The molecule has 4 unspecified atom stereocenters. The second-order valence-corrected chi connectivity index (χ2v) is 33.3. The zero-order chi connectivity index (χ0) is 53.4. The van der Waals surface area contributed by atoms with Gasteiger partial charge in [-0.25, -0.2) is 0 Å². The average Bonchev–Trinajstić information content (AvgIpc) is 3.95. The standard InChI is InChI=1S/C72H78BN3Si/c1-67(2,3)51-32-34-60(55(41-51)49-31-30-47-24-16-17-25-48(47)40-49)74-62-35-33-52(68(4,5)6)42-58(62)73-59-46-54(77(10,11)12)45-57-66(59)76(70(8)37-21-20-36-69(57,70)7)64-44-53(43-63(74)65(64)73)75-61-29-19-18-28-56(61)72(50-26-14-13-15-27-50)39-23-22-38-71(72,75)9/h13-19,24-35,40-46H,20-23,36-39H2,1-12H3. The summed E-state index contributed by atoms with van der Waals surface area (Å²) in [5, 5.41) is 4.13. The summed E-state index contributed by atoms with van der Waals surface area (Å²) in [7, 11) is -1.81. The van der Waals surface area contributed by atoms with E-state index in [9.17, 15) is 0 Å². The normalized spacial score (nSPS) is 24.1. The number of para-hydroxylation sites is 1. The summed E-state index contributed by atoms with van der Waals surface area (Å²) in [6.07, 6.45) is 9.55. The molecule has 2 fully saturated rings. The highest BCUT2D eigenvalue weighted by molar-refractivity contribution is 7.01. The number of fused-ring (bicyclic) bond motifs is 11. The van der Waals surface area contributed by atoms with Gasteiger partial charge in [0.1, 0.15) is 0 Å². The van der Waals surface area contributed by atoms with Gasteiger partial charge in [-0.2, -0.15) is 0 Å². The Labute approximate surface area is 461 Å². The lowest BCUT2D eigenvalue weighted by molar-refractivity contribution is 0.195. The molecule has 4 heterocycles. The summed E-state index contributed by atoms with van der Waals surface area (Å²) in [4.78, 5) is 8.63. The van der Waals surface area contributed by atoms with Gasteiger partial charge in [0.2, 0.25) is 0 Å². The van der Waals surface area contributed by atoms with Crippen LogP contribution in [0.4, 0.5) is 39.8 Å². The molecule has 0 radical (unpaired) electrons. The lowest BCUT2D eigenvalue weighted by Crippen LogP contribution is -2.65. The summed E-state index contributed by atoms with van der Waals surface area (Å²) in [5.74, 6) is 0. The number of nitrogens with zero attached hydrogens (tertiary/aromatic N) is 3. The molecule has 0 saturated heterocycles. The third-order valence-electron chi connectivity index (χ3n) is 20.9. The molecule has 0 amide bonds. The van der Waals surface area contributed by atoms with E-state index in [1.54, 1.807) is 10.8 Å². The quantitative estimate of drug-likeness (QED) is 0.159. The Balaban J connectivity index is 1.14. The Morgan fingerprint density at radius 2 is 1.12 bits per heavy atom. The topological polar surface area (TPSA) is 9.72 Å². The SMILES string of the molecule is CC(C)(C)c1ccc2c(c1)B1c3cc([Si](C)(C)C)cc4c3N(c3cc(N5c6ccccc6C6(c7ccccc7)CCCCC56C)cc(c31)N2c1ccc(C(C)(C)C)cc1-c1ccc2ccccc2c1)C1(C)CCCCC41C. The molecule has 6 aliphatic rings. The summed E-state index contributed by atoms with van der Waals surface area (Å²) >= 11 is 0. The van der Waals surface area contributed by atoms with E-state index in [1.807, 2.05) is 0 Å². The molecule has 8 aromatic carbocycles. The molecule has 0 bridgehead atoms. The van der Waals surface area contributed by atoms with E-state index in [2.05, 4.69) is 254 Å². The molecule has 5 heteroatoms. The molecule has 0 aromatic heterocycles. The fourth-order valence-electron chi connectivity index (χ4n) is 16.5. The first-order valence-electron chi connectivity index (χ1n) is 29.4. The molecule has 77 heavy (non-hydrogen) atoms. The van der Waals surface area contributed by atoms with Crippen molar-refractivity contribution in [2.75, 3.05) is 14.7 Å². The molecule has 14 rings (SSSR count). The third-order valence-corrected chi connectivity index (χ3v) is 22.9. The average molecular weight is 1020 g/mol. The molecule has 0 N–H and O–H groups in total. The molecule has 0 spiro atoms. The number of rotatable bonds is 5. The van der Waals surface area contributed by atoms with Crippen LogP contribution in [0.15, 0.2) is 158 Å². The molecular weight excluding hydrogens is 946 g/mol. The van der Waals surface area contributed by atoms with Crippen LogP contribution in [0.5, 0.6) is 0 Å². The van der Waals surface area contributed by atoms with Crippen molar-refractivity contribution in [1.29, 1.82) is 0 Å². The smallest absolute Gasteiger partial charge is 0.252 e. The molecule has 2 saturated carbocycles. The van der Waals surface area contributed by atoms with Crippen molar-refractivity contribution in [3.8, 4) is 11.1 Å². The minimum absolute atomic E-state index is 0.0127. The largest absolute Gasteiger partial charge is 0.335 e. The highest BCUT2D eigenvalue weighted by Gasteiger charge is 2.64. The van der Waals surface area contributed by atoms with E-state index in [-0.39, 0.29) is 39.5 Å². The van der Waals surface area contributed by atoms with E-state index in [0.29, 0.717) is 0 Å². The van der Waals surface area contributed by atoms with Crippen LogP contribution in [0.2, 0.25) is 19.6 Å². The molecule has 2 aliphatic carbocycles. The summed E-state index contributed by atoms with van der Waals surface area (Å²) in [5.41, 5.74) is 23.0. The van der Waals surface area contributed by atoms with E-state index in [0.717, 1.165) is 12.8 Å². The van der Waals surface area contributed by atoms with Crippen LogP contribution < -0.4 is 36.3 Å². The van der Waals surface area contributed by atoms with Crippen LogP contribution in [0, 0.1) is 0 Å². The maximum Gasteiger partial charge on any atom is 0.252 e. The van der Waals surface area contributed by atoms with Crippen LogP contribution in [0.25, 0.3) is 21.9 Å². The minimum Gasteiger partial charge on any atom is -0.335 e. The Morgan fingerprint density at radius 1 is 0.481 bits per heavy atom. The van der Waals surface area contributed by atoms with E-state index >= 15 is 0 Å². The van der Waals surface area contributed by atoms with Gasteiger partial charge in [-0.3, -0.25) is 0 Å². The second-order valence-electron chi connectivity index (χ2n) is 28.2. The molecule has 8 aromatic rings. The van der Waals surface area contributed by atoms with Crippen molar-refractivity contribution in [2.24, 2.45) is 0 Å². The van der Waals surface area contributed by atoms with E-state index in [4.69, 9.17) is 0 Å². The van der Waals surface area contributed by atoms with E-state index in [1.165, 1.54) is 139 Å². The van der Waals surface area contributed by atoms with Gasteiger partial charge in [-0.05, 0) is 153 Å². The van der Waals surface area contributed by atoms with Gasteiger partial charge in [-0.15, -0.1) is 0 Å². The maximum atomic E-state index is 2.99. The van der Waals surface area contributed by atoms with Crippen molar-refractivity contribution in [3.05, 3.63) is 186 Å². The van der Waals surface area contributed by atoms with Crippen LogP contribution in [-0.4, -0.2) is 25.9 Å². The summed E-state index contributed by atoms with van der Waals surface area (Å²) in [6.45, 7) is 30.1. The lowest BCUT2D eigenvalue weighted by Gasteiger charge is -2.54. The van der Waals surface area contributed by atoms with Gasteiger partial charge in [0.05, 0.1) is 24.8 Å². The highest BCUT2D eigenvalue weighted by Crippen LogP contribution is 2.66. The number of benzene rings is 8. The van der Waals surface area contributed by atoms with Gasteiger partial charge in [0.15, 0.2) is 0 Å². The van der Waals surface area contributed by atoms with Gasteiger partial charge >= 0.3 is 0 Å². The number of anilines is 7. The first kappa shape index (κ1) is 49.0. The third kappa shape index (κ3) is 6.68. The van der Waals surface area contributed by atoms with Crippen LogP contribution in [-0.2, 0) is 21.7 Å². The van der Waals surface area contributed by atoms with Crippen molar-refractivity contribution in [2.45, 2.75) is 166 Å². The fraction of sp³-hybridized carbons (Fsp3) is 0.361. The van der Waals surface area contributed by atoms with Gasteiger partial charge in [0, 0.05) is 50.5 Å². The Morgan fingerprint density at radius 3 is 1.86 bits per heavy atom. The maximum absolute atomic E-state index is 2.99. The molecule has 3 nitrogen and oxygen atoms in total. The Kier molecular flexibility index (Phi) is 10.4. The molecule has 388 valence electrons. The monoisotopic (exact) mass is 1020 g/mol. The van der Waals surface area contributed by atoms with Crippen LogP contribution in [0.1, 0.15) is 141 Å². The highest BCUT2D eigenvalue weighted by atomic mass is 28.3. The second kappa shape index (κ2) is 16.4. The first-order chi connectivity index (χ1) is 36.7.